The van der Waals surface area contributed by atoms with E-state index in [0.29, 0.717) is 0 Å². The van der Waals surface area contributed by atoms with Crippen LogP contribution in [0.2, 0.25) is 16.6 Å². The van der Waals surface area contributed by atoms with Crippen LogP contribution in [0.1, 0.15) is 60.8 Å². The van der Waals surface area contributed by atoms with Crippen LogP contribution < -0.4 is 0 Å². The lowest BCUT2D eigenvalue weighted by atomic mass is 10.3. The van der Waals surface area contributed by atoms with Crippen LogP contribution >= 0.6 is 0 Å². The van der Waals surface area contributed by atoms with Crippen LogP contribution in [-0.4, -0.2) is 25.9 Å². The molecule has 3 unspecified atom stereocenters. The van der Waals surface area contributed by atoms with Crippen LogP contribution in [0.4, 0.5) is 0 Å². The molecule has 0 aromatic heterocycles. The van der Waals surface area contributed by atoms with Crippen molar-refractivity contribution in [3.63, 3.8) is 0 Å². The Morgan fingerprint density at radius 2 is 1.13 bits per heavy atom. The Hall–Kier alpha value is 0.651. The van der Waals surface area contributed by atoms with Gasteiger partial charge >= 0.3 is 0 Å². The van der Waals surface area contributed by atoms with Crippen LogP contribution in [0.3, 0.4) is 0 Å². The monoisotopic (exact) mass is 255 g/mol. The quantitative estimate of drug-likeness (QED) is 0.600. The molecule has 15 heavy (non-hydrogen) atoms. The molecule has 0 aromatic rings. The Morgan fingerprint density at radius 1 is 0.867 bits per heavy atom. The lowest BCUT2D eigenvalue weighted by molar-refractivity contribution is 0.709. The fourth-order valence-electron chi connectivity index (χ4n) is 2.84. The molecule has 0 aliphatic rings. The molecule has 0 N–H and O–H groups in total. The summed E-state index contributed by atoms with van der Waals surface area (Å²) in [6.45, 7) is 14.6. The molecule has 0 aromatic carbocycles. The third-order valence-corrected chi connectivity index (χ3v) is 20.7. The highest BCUT2D eigenvalue weighted by atomic mass is 29.5. The van der Waals surface area contributed by atoms with E-state index in [0.717, 1.165) is 25.2 Å². The molecule has 87 valence electrons. The molecule has 3 heteroatoms. The molecule has 5 radical (unpaired) electrons. The molecule has 0 rings (SSSR count). The van der Waals surface area contributed by atoms with Gasteiger partial charge in [-0.05, 0) is 0 Å². The zero-order valence-corrected chi connectivity index (χ0v) is 14.4. The molecule has 3 atom stereocenters. The second-order valence-electron chi connectivity index (χ2n) is 4.99. The Balaban J connectivity index is 5.09. The van der Waals surface area contributed by atoms with E-state index in [-0.39, 0.29) is 0 Å². The third kappa shape index (κ3) is 3.07. The van der Waals surface area contributed by atoms with Gasteiger partial charge in [-0.15, -0.1) is 0 Å². The molecule has 0 saturated carbocycles. The summed E-state index contributed by atoms with van der Waals surface area (Å²) in [6.07, 6.45) is 4.08. The van der Waals surface area contributed by atoms with Gasteiger partial charge in [-0.25, -0.2) is 0 Å². The maximum absolute atomic E-state index is 3.94. The summed E-state index contributed by atoms with van der Waals surface area (Å²) in [5, 5.41) is 0. The Labute approximate surface area is 103 Å². The molecule has 0 nitrogen and oxygen atoms in total. The van der Waals surface area contributed by atoms with E-state index >= 15 is 0 Å². The maximum atomic E-state index is 3.94. The first kappa shape index (κ1) is 15.7. The van der Waals surface area contributed by atoms with E-state index in [1.54, 1.807) is 0 Å². The summed E-state index contributed by atoms with van der Waals surface area (Å²) in [7, 11) is 3.83. The van der Waals surface area contributed by atoms with Crippen molar-refractivity contribution >= 4 is 25.9 Å². The minimum atomic E-state index is -1.14. The van der Waals surface area contributed by atoms with E-state index in [4.69, 9.17) is 0 Å². The van der Waals surface area contributed by atoms with Crippen molar-refractivity contribution in [3.05, 3.63) is 0 Å². The van der Waals surface area contributed by atoms with E-state index in [1.807, 2.05) is 0 Å². The SMILES string of the molecule is CCC(C)[Si]([Si][Si])(C(C)CC)C(C)CC. The Bertz CT molecular complexity index is 144. The third-order valence-electron chi connectivity index (χ3n) is 4.50. The van der Waals surface area contributed by atoms with Gasteiger partial charge in [0.05, 0.1) is 0 Å². The van der Waals surface area contributed by atoms with Gasteiger partial charge in [-0.3, -0.25) is 0 Å². The van der Waals surface area contributed by atoms with Gasteiger partial charge in [-0.1, -0.05) is 77.4 Å². The summed E-state index contributed by atoms with van der Waals surface area (Å²) < 4.78 is 0. The second-order valence-corrected chi connectivity index (χ2v) is 15.7. The van der Waals surface area contributed by atoms with E-state index in [1.165, 1.54) is 19.3 Å². The zero-order chi connectivity index (χ0) is 12.1. The smallest absolute Gasteiger partial charge is 0.0464 e. The van der Waals surface area contributed by atoms with Gasteiger partial charge in [0.1, 0.15) is 0 Å². The van der Waals surface area contributed by atoms with Crippen LogP contribution in [0.15, 0.2) is 0 Å². The van der Waals surface area contributed by atoms with Gasteiger partial charge in [0.25, 0.3) is 0 Å². The highest BCUT2D eigenvalue weighted by Gasteiger charge is 2.43. The minimum Gasteiger partial charge on any atom is -0.0654 e. The van der Waals surface area contributed by atoms with Crippen molar-refractivity contribution in [1.82, 2.24) is 0 Å². The lowest BCUT2D eigenvalue weighted by Crippen LogP contribution is -2.53. The Morgan fingerprint density at radius 3 is 1.27 bits per heavy atom. The molecule has 0 amide bonds. The van der Waals surface area contributed by atoms with Crippen molar-refractivity contribution in [1.29, 1.82) is 0 Å². The molecule has 0 aliphatic heterocycles. The summed E-state index contributed by atoms with van der Waals surface area (Å²) in [5.74, 6) is 0. The van der Waals surface area contributed by atoms with Crippen molar-refractivity contribution < 1.29 is 0 Å². The highest BCUT2D eigenvalue weighted by molar-refractivity contribution is 7.41. The first-order valence-corrected chi connectivity index (χ1v) is 12.2. The average Bonchev–Trinajstić information content (AvgIpc) is 2.29. The first-order chi connectivity index (χ1) is 7.00. The van der Waals surface area contributed by atoms with Gasteiger partial charge < -0.3 is 0 Å². The van der Waals surface area contributed by atoms with Gasteiger partial charge in [0.15, 0.2) is 0 Å². The molecule has 0 bridgehead atoms. The summed E-state index contributed by atoms with van der Waals surface area (Å²) in [6, 6.07) is 0. The predicted molar refractivity (Wildman–Crippen MR) is 76.4 cm³/mol. The lowest BCUT2D eigenvalue weighted by Gasteiger charge is -2.46. The molecular weight excluding hydrogens is 228 g/mol. The van der Waals surface area contributed by atoms with Gasteiger partial charge in [0, 0.05) is 25.9 Å². The average molecular weight is 256 g/mol. The largest absolute Gasteiger partial charge is 0.0654 e. The minimum absolute atomic E-state index is 0.957. The number of hydrogen-bond acceptors (Lipinski definition) is 0. The first-order valence-electron chi connectivity index (χ1n) is 6.44. The molecule has 0 aliphatic carbocycles. The van der Waals surface area contributed by atoms with Crippen LogP contribution in [0.25, 0.3) is 0 Å². The zero-order valence-electron chi connectivity index (χ0n) is 11.4. The fourth-order valence-corrected chi connectivity index (χ4v) is 19.2. The van der Waals surface area contributed by atoms with Crippen LogP contribution in [0, 0.1) is 0 Å². The van der Waals surface area contributed by atoms with E-state index < -0.39 is 7.59 Å². The maximum Gasteiger partial charge on any atom is 0.0464 e. The second kappa shape index (κ2) is 7.07. The summed E-state index contributed by atoms with van der Waals surface area (Å²) in [4.78, 5) is 0. The molecule has 0 spiro atoms. The van der Waals surface area contributed by atoms with E-state index in [9.17, 15) is 0 Å². The summed E-state index contributed by atoms with van der Waals surface area (Å²) >= 11 is 0. The number of rotatable bonds is 7. The summed E-state index contributed by atoms with van der Waals surface area (Å²) in [5.41, 5.74) is 2.87. The number of hydrogen-bond donors (Lipinski definition) is 0. The van der Waals surface area contributed by atoms with Crippen LogP contribution in [-0.2, 0) is 0 Å². The standard InChI is InChI=1S/C12H27Si3/c1-7-10(4)15(14-13,11(5)8-2)12(6)9-3/h10-12H,7-9H2,1-6H3. The molecular formula is C12H27Si3. The van der Waals surface area contributed by atoms with Crippen molar-refractivity contribution in [3.8, 4) is 0 Å². The molecule has 0 saturated heterocycles. The predicted octanol–water partition coefficient (Wildman–Crippen LogP) is 4.12. The van der Waals surface area contributed by atoms with Crippen molar-refractivity contribution in [2.24, 2.45) is 0 Å². The van der Waals surface area contributed by atoms with Crippen molar-refractivity contribution in [2.45, 2.75) is 77.4 Å². The van der Waals surface area contributed by atoms with Gasteiger partial charge in [-0.2, -0.15) is 0 Å². The normalized spacial score (nSPS) is 21.8. The topological polar surface area (TPSA) is 0 Å². The Kier molecular flexibility index (Phi) is 7.38. The van der Waals surface area contributed by atoms with E-state index in [2.05, 4.69) is 51.3 Å². The van der Waals surface area contributed by atoms with Crippen molar-refractivity contribution in [2.75, 3.05) is 0 Å². The van der Waals surface area contributed by atoms with Gasteiger partial charge in [0.2, 0.25) is 0 Å². The van der Waals surface area contributed by atoms with Crippen LogP contribution in [0.5, 0.6) is 0 Å². The highest BCUT2D eigenvalue weighted by Crippen LogP contribution is 2.44. The molecule has 0 heterocycles. The fraction of sp³-hybridized carbons (Fsp3) is 1.00. The molecule has 0 fully saturated rings.